The molecule has 0 bridgehead atoms. The summed E-state index contributed by atoms with van der Waals surface area (Å²) in [5.74, 6) is 0. The lowest BCUT2D eigenvalue weighted by molar-refractivity contribution is 0.163. The predicted octanol–water partition coefficient (Wildman–Crippen LogP) is 1.18. The highest BCUT2D eigenvalue weighted by molar-refractivity contribution is 6.36. The number of hydrogen-bond acceptors (Lipinski definition) is 4. The molecule has 15 heavy (non-hydrogen) atoms. The van der Waals surface area contributed by atoms with Gasteiger partial charge in [0.1, 0.15) is 0 Å². The molecule has 0 heterocycles. The molecule has 0 radical (unpaired) electrons. The van der Waals surface area contributed by atoms with Crippen LogP contribution in [0.25, 0.3) is 0 Å². The van der Waals surface area contributed by atoms with Crippen LogP contribution in [-0.4, -0.2) is 43.4 Å². The van der Waals surface area contributed by atoms with Gasteiger partial charge in [-0.05, 0) is 25.8 Å². The molecular weight excluding hydrogens is 210 g/mol. The first-order valence-corrected chi connectivity index (χ1v) is 7.01. The molecule has 1 N–H and O–H groups in total. The maximum absolute atomic E-state index is 4.74. The largest absolute Gasteiger partial charge is 0.483 e. The molecule has 1 aliphatic rings. The Morgan fingerprint density at radius 1 is 1.13 bits per heavy atom. The monoisotopic (exact) mass is 235 g/mol. The fourth-order valence-corrected chi connectivity index (χ4v) is 1.64. The first kappa shape index (κ1) is 15.1. The Labute approximate surface area is 95.3 Å². The van der Waals surface area contributed by atoms with Crippen LogP contribution in [0.15, 0.2) is 0 Å². The molecule has 0 unspecified atom stereocenters. The van der Waals surface area contributed by atoms with E-state index < -0.39 is 9.53 Å². The molecular formula is C10H25NO3Si. The second-order valence-corrected chi connectivity index (χ2v) is 5.57. The molecule has 5 heteroatoms. The first-order valence-electron chi connectivity index (χ1n) is 5.60. The Balaban J connectivity index is 0.000000265. The maximum Gasteiger partial charge on any atom is 0.483 e. The van der Waals surface area contributed by atoms with Crippen LogP contribution in [0.2, 0.25) is 0 Å². The van der Waals surface area contributed by atoms with E-state index in [1.165, 1.54) is 32.2 Å². The topological polar surface area (TPSA) is 39.7 Å². The van der Waals surface area contributed by atoms with Crippen LogP contribution in [0.4, 0.5) is 0 Å². The zero-order valence-corrected chi connectivity index (χ0v) is 11.6. The van der Waals surface area contributed by atoms with Gasteiger partial charge in [-0.2, -0.15) is 0 Å². The third kappa shape index (κ3) is 10.3. The third-order valence-corrected chi connectivity index (χ3v) is 3.27. The molecule has 0 aromatic carbocycles. The van der Waals surface area contributed by atoms with Crippen LogP contribution in [0, 0.1) is 0 Å². The summed E-state index contributed by atoms with van der Waals surface area (Å²) >= 11 is 0. The number of unbranched alkanes of at least 4 members (excludes halogenated alkanes) is 1. The van der Waals surface area contributed by atoms with Crippen molar-refractivity contribution in [3.63, 3.8) is 0 Å². The molecule has 0 atom stereocenters. The van der Waals surface area contributed by atoms with E-state index in [2.05, 4.69) is 12.2 Å². The normalized spacial score (nSPS) is 15.0. The predicted molar refractivity (Wildman–Crippen MR) is 64.1 cm³/mol. The minimum Gasteiger partial charge on any atom is -0.379 e. The number of rotatable bonds is 7. The van der Waals surface area contributed by atoms with Crippen LogP contribution in [0.5, 0.6) is 0 Å². The van der Waals surface area contributed by atoms with Crippen LogP contribution >= 0.6 is 0 Å². The average molecular weight is 235 g/mol. The van der Waals surface area contributed by atoms with E-state index in [4.69, 9.17) is 13.3 Å². The SMILES string of the molecule is CCCCNC1CC1.CO[SiH](OC)OC. The van der Waals surface area contributed by atoms with Crippen molar-refractivity contribution in [2.45, 2.75) is 38.6 Å². The highest BCUT2D eigenvalue weighted by Crippen LogP contribution is 2.18. The van der Waals surface area contributed by atoms with Gasteiger partial charge >= 0.3 is 9.53 Å². The summed E-state index contributed by atoms with van der Waals surface area (Å²) in [5.41, 5.74) is 0. The summed E-state index contributed by atoms with van der Waals surface area (Å²) in [4.78, 5) is 0. The summed E-state index contributed by atoms with van der Waals surface area (Å²) < 4.78 is 14.2. The van der Waals surface area contributed by atoms with Crippen molar-refractivity contribution in [2.75, 3.05) is 27.9 Å². The Kier molecular flexibility index (Phi) is 10.6. The van der Waals surface area contributed by atoms with Crippen molar-refractivity contribution in [1.82, 2.24) is 5.32 Å². The van der Waals surface area contributed by atoms with Crippen molar-refractivity contribution < 1.29 is 13.3 Å². The molecule has 0 aromatic rings. The van der Waals surface area contributed by atoms with Gasteiger partial charge in [0.25, 0.3) is 0 Å². The Hall–Kier alpha value is 0.0569. The van der Waals surface area contributed by atoms with Crippen LogP contribution < -0.4 is 5.32 Å². The van der Waals surface area contributed by atoms with Gasteiger partial charge in [0, 0.05) is 27.4 Å². The molecule has 0 aliphatic heterocycles. The van der Waals surface area contributed by atoms with Crippen molar-refractivity contribution in [3.05, 3.63) is 0 Å². The van der Waals surface area contributed by atoms with E-state index in [9.17, 15) is 0 Å². The van der Waals surface area contributed by atoms with E-state index in [1.807, 2.05) is 0 Å². The number of hydrogen-bond donors (Lipinski definition) is 1. The second-order valence-electron chi connectivity index (χ2n) is 3.58. The minimum atomic E-state index is -1.67. The van der Waals surface area contributed by atoms with Crippen LogP contribution in [0.3, 0.4) is 0 Å². The summed E-state index contributed by atoms with van der Waals surface area (Å²) in [6, 6.07) is 0.904. The Bertz CT molecular complexity index is 124. The van der Waals surface area contributed by atoms with Gasteiger partial charge in [0.05, 0.1) is 0 Å². The number of nitrogens with one attached hydrogen (secondary N) is 1. The lowest BCUT2D eigenvalue weighted by atomic mass is 10.3. The van der Waals surface area contributed by atoms with Crippen LogP contribution in [-0.2, 0) is 13.3 Å². The highest BCUT2D eigenvalue weighted by Gasteiger charge is 2.19. The van der Waals surface area contributed by atoms with Gasteiger partial charge in [0.15, 0.2) is 0 Å². The molecule has 1 fully saturated rings. The van der Waals surface area contributed by atoms with Gasteiger partial charge in [0.2, 0.25) is 0 Å². The van der Waals surface area contributed by atoms with Crippen molar-refractivity contribution >= 4 is 9.53 Å². The van der Waals surface area contributed by atoms with Crippen LogP contribution in [0.1, 0.15) is 32.6 Å². The maximum atomic E-state index is 4.74. The van der Waals surface area contributed by atoms with Crippen molar-refractivity contribution in [3.8, 4) is 0 Å². The average Bonchev–Trinajstić information content (AvgIpc) is 3.06. The quantitative estimate of drug-likeness (QED) is 0.531. The molecule has 1 aliphatic carbocycles. The summed E-state index contributed by atoms with van der Waals surface area (Å²) in [6.07, 6.45) is 5.50. The van der Waals surface area contributed by atoms with Crippen molar-refractivity contribution in [1.29, 1.82) is 0 Å². The van der Waals surface area contributed by atoms with E-state index in [-0.39, 0.29) is 0 Å². The summed E-state index contributed by atoms with van der Waals surface area (Å²) in [7, 11) is 3.05. The van der Waals surface area contributed by atoms with Gasteiger partial charge in [-0.3, -0.25) is 0 Å². The molecule has 92 valence electrons. The van der Waals surface area contributed by atoms with Gasteiger partial charge < -0.3 is 18.6 Å². The van der Waals surface area contributed by atoms with Gasteiger partial charge in [-0.15, -0.1) is 0 Å². The standard InChI is InChI=1S/C7H15N.C3H10O3Si/c1-2-3-6-8-7-4-5-7;1-4-7(5-2)6-3/h7-8H,2-6H2,1H3;7H,1-3H3. The van der Waals surface area contributed by atoms with E-state index in [1.54, 1.807) is 21.3 Å². The molecule has 0 spiro atoms. The lowest BCUT2D eigenvalue weighted by Crippen LogP contribution is -2.21. The molecule has 4 nitrogen and oxygen atoms in total. The van der Waals surface area contributed by atoms with Gasteiger partial charge in [-0.1, -0.05) is 13.3 Å². The fraction of sp³-hybridized carbons (Fsp3) is 1.00. The third-order valence-electron chi connectivity index (χ3n) is 2.12. The molecule has 0 saturated heterocycles. The Morgan fingerprint density at radius 2 is 1.67 bits per heavy atom. The highest BCUT2D eigenvalue weighted by atomic mass is 28.3. The lowest BCUT2D eigenvalue weighted by Gasteiger charge is -2.05. The molecule has 1 rings (SSSR count). The fourth-order valence-electron chi connectivity index (χ4n) is 1.06. The summed E-state index contributed by atoms with van der Waals surface area (Å²) in [5, 5.41) is 3.46. The van der Waals surface area contributed by atoms with E-state index in [0.29, 0.717) is 0 Å². The van der Waals surface area contributed by atoms with Crippen molar-refractivity contribution in [2.24, 2.45) is 0 Å². The Morgan fingerprint density at radius 3 is 1.93 bits per heavy atom. The van der Waals surface area contributed by atoms with Gasteiger partial charge in [-0.25, -0.2) is 0 Å². The smallest absolute Gasteiger partial charge is 0.379 e. The zero-order valence-electron chi connectivity index (χ0n) is 10.4. The first-order chi connectivity index (χ1) is 7.28. The minimum absolute atomic E-state index is 0.904. The van der Waals surface area contributed by atoms with E-state index >= 15 is 0 Å². The molecule has 0 amide bonds. The van der Waals surface area contributed by atoms with E-state index in [0.717, 1.165) is 6.04 Å². The summed E-state index contributed by atoms with van der Waals surface area (Å²) in [6.45, 7) is 3.47. The molecule has 1 saturated carbocycles. The zero-order chi connectivity index (χ0) is 11.5. The second kappa shape index (κ2) is 10.6. The molecule has 0 aromatic heterocycles.